The molecule has 0 saturated carbocycles. The number of aromatic nitrogens is 3. The molecule has 0 aliphatic rings. The Morgan fingerprint density at radius 3 is 0.915 bits per heavy atom. The third kappa shape index (κ3) is 5.62. The predicted molar refractivity (Wildman–Crippen MR) is 192 cm³/mol. The van der Waals surface area contributed by atoms with Crippen LogP contribution in [-0.4, -0.2) is 23.0 Å². The average Bonchev–Trinajstić information content (AvgIpc) is 3.16. The Bertz CT molecular complexity index is 2050. The molecular weight excluding hydrogens is 591 g/mol. The summed E-state index contributed by atoms with van der Waals surface area (Å²) in [5.41, 5.74) is 3.56. The Kier molecular flexibility index (Phi) is 8.01. The summed E-state index contributed by atoms with van der Waals surface area (Å²) in [5.74, 6) is 1.58. The van der Waals surface area contributed by atoms with Gasteiger partial charge in [-0.3, -0.25) is 0 Å². The Morgan fingerprint density at radius 1 is 0.340 bits per heavy atom. The summed E-state index contributed by atoms with van der Waals surface area (Å²) >= 11 is 0. The van der Waals surface area contributed by atoms with Crippen LogP contribution in [0.25, 0.3) is 43.9 Å². The molecule has 0 fully saturated rings. The molecule has 7 aromatic rings. The molecule has 0 bridgehead atoms. The highest BCUT2D eigenvalue weighted by Gasteiger charge is 2.41. The van der Waals surface area contributed by atoms with E-state index in [-0.39, 0.29) is 0 Å². The molecule has 0 atom stereocenters. The lowest BCUT2D eigenvalue weighted by Gasteiger charge is -2.34. The molecule has 1 aromatic heterocycles. The van der Waals surface area contributed by atoms with E-state index >= 15 is 0 Å². The topological polar surface area (TPSA) is 47.4 Å². The van der Waals surface area contributed by atoms with E-state index < -0.39 is 8.07 Å². The smallest absolute Gasteiger partial charge is 0.187 e. The Balaban J connectivity index is 1.40. The van der Waals surface area contributed by atoms with Crippen LogP contribution < -0.4 is 20.7 Å². The highest BCUT2D eigenvalue weighted by Crippen LogP contribution is 2.27. The summed E-state index contributed by atoms with van der Waals surface area (Å²) in [6, 6.07) is 55.7. The maximum absolute atomic E-state index is 7.34. The zero-order valence-corrected chi connectivity index (χ0v) is 26.3. The van der Waals surface area contributed by atoms with Crippen molar-refractivity contribution >= 4 is 40.2 Å². The summed E-state index contributed by atoms with van der Waals surface area (Å²) in [4.78, 5) is 21.7. The molecule has 0 aliphatic heterocycles. The van der Waals surface area contributed by atoms with Crippen LogP contribution in [0.5, 0.6) is 0 Å². The van der Waals surface area contributed by atoms with Crippen molar-refractivity contribution in [2.45, 2.75) is 0 Å². The first-order valence-electron chi connectivity index (χ1n) is 15.2. The highest BCUT2D eigenvalue weighted by atomic mass is 28.3. The standard InChI is InChI=1S/C41H27N5Si/c1-42-33-24-18-30(19-25-33)39-44-40(31-20-26-34(43-2)27-21-31)46-41(45-39)32-22-28-38(29-23-32)47(35-12-6-3-7-13-35,36-14-8-4-9-15-36)37-16-10-5-11-17-37/h3-29H. The Morgan fingerprint density at radius 2 is 0.617 bits per heavy atom. The number of benzene rings is 6. The zero-order chi connectivity index (χ0) is 32.1. The van der Waals surface area contributed by atoms with Gasteiger partial charge in [0.25, 0.3) is 0 Å². The minimum Gasteiger partial charge on any atom is -0.238 e. The fourth-order valence-electron chi connectivity index (χ4n) is 6.07. The molecule has 7 rings (SSSR count). The molecule has 0 unspecified atom stereocenters. The fraction of sp³-hybridized carbons (Fsp3) is 0. The normalized spacial score (nSPS) is 10.9. The van der Waals surface area contributed by atoms with Crippen molar-refractivity contribution in [1.29, 1.82) is 0 Å². The first-order chi connectivity index (χ1) is 23.2. The molecule has 0 radical (unpaired) electrons. The van der Waals surface area contributed by atoms with Gasteiger partial charge in [0, 0.05) is 16.7 Å². The minimum atomic E-state index is -2.67. The molecule has 47 heavy (non-hydrogen) atoms. The van der Waals surface area contributed by atoms with Gasteiger partial charge in [-0.05, 0) is 20.7 Å². The van der Waals surface area contributed by atoms with Gasteiger partial charge in [-0.1, -0.05) is 164 Å². The molecule has 6 heteroatoms. The van der Waals surface area contributed by atoms with Gasteiger partial charge in [-0.15, -0.1) is 0 Å². The van der Waals surface area contributed by atoms with Crippen molar-refractivity contribution < 1.29 is 0 Å². The maximum Gasteiger partial charge on any atom is 0.187 e. The van der Waals surface area contributed by atoms with Crippen LogP contribution in [0.3, 0.4) is 0 Å². The largest absolute Gasteiger partial charge is 0.238 e. The third-order valence-corrected chi connectivity index (χ3v) is 13.1. The van der Waals surface area contributed by atoms with Crippen LogP contribution in [0, 0.1) is 13.1 Å². The van der Waals surface area contributed by atoms with Gasteiger partial charge in [0.1, 0.15) is 0 Å². The second-order valence-electron chi connectivity index (χ2n) is 11.0. The quantitative estimate of drug-likeness (QED) is 0.107. The van der Waals surface area contributed by atoms with Crippen molar-refractivity contribution in [3.05, 3.63) is 187 Å². The molecule has 220 valence electrons. The van der Waals surface area contributed by atoms with Crippen LogP contribution in [0.4, 0.5) is 11.4 Å². The molecule has 0 aliphatic carbocycles. The van der Waals surface area contributed by atoms with Gasteiger partial charge in [0.2, 0.25) is 0 Å². The lowest BCUT2D eigenvalue weighted by atomic mass is 10.1. The first kappa shape index (κ1) is 29.2. The lowest BCUT2D eigenvalue weighted by molar-refractivity contribution is 1.07. The second-order valence-corrected chi connectivity index (χ2v) is 14.9. The average molecular weight is 618 g/mol. The van der Waals surface area contributed by atoms with E-state index in [4.69, 9.17) is 28.1 Å². The SMILES string of the molecule is [C-]#[N+]c1ccc(-c2nc(-c3ccc([N+]#[C-])cc3)nc(-c3ccc([Si](c4ccccc4)(c4ccccc4)c4ccccc4)cc3)n2)cc1. The molecule has 5 nitrogen and oxygen atoms in total. The van der Waals surface area contributed by atoms with Crippen molar-refractivity contribution in [3.8, 4) is 34.2 Å². The first-order valence-corrected chi connectivity index (χ1v) is 17.2. The van der Waals surface area contributed by atoms with Crippen LogP contribution >= 0.6 is 0 Å². The van der Waals surface area contributed by atoms with E-state index in [9.17, 15) is 0 Å². The summed E-state index contributed by atoms with van der Waals surface area (Å²) < 4.78 is 0. The predicted octanol–water partition coefficient (Wildman–Crippen LogP) is 7.35. The fourth-order valence-corrected chi connectivity index (χ4v) is 10.8. The van der Waals surface area contributed by atoms with Crippen molar-refractivity contribution in [1.82, 2.24) is 15.0 Å². The van der Waals surface area contributed by atoms with Crippen molar-refractivity contribution in [3.63, 3.8) is 0 Å². The van der Waals surface area contributed by atoms with Gasteiger partial charge in [-0.25, -0.2) is 24.6 Å². The molecule has 0 spiro atoms. The second kappa shape index (κ2) is 12.9. The van der Waals surface area contributed by atoms with Gasteiger partial charge >= 0.3 is 0 Å². The summed E-state index contributed by atoms with van der Waals surface area (Å²) in [6.07, 6.45) is 0. The van der Waals surface area contributed by atoms with Crippen LogP contribution in [0.15, 0.2) is 164 Å². The van der Waals surface area contributed by atoms with E-state index in [2.05, 4.69) is 125 Å². The zero-order valence-electron chi connectivity index (χ0n) is 25.3. The van der Waals surface area contributed by atoms with E-state index in [1.165, 1.54) is 20.7 Å². The van der Waals surface area contributed by atoms with Gasteiger partial charge in [-0.2, -0.15) is 0 Å². The Labute approximate surface area is 275 Å². The lowest BCUT2D eigenvalue weighted by Crippen LogP contribution is -2.74. The van der Waals surface area contributed by atoms with Crippen LogP contribution in [-0.2, 0) is 0 Å². The Hall–Kier alpha value is -6.47. The van der Waals surface area contributed by atoms with E-state index in [0.717, 1.165) is 16.7 Å². The molecule has 6 aromatic carbocycles. The highest BCUT2D eigenvalue weighted by molar-refractivity contribution is 7.19. The molecule has 0 amide bonds. The van der Waals surface area contributed by atoms with Crippen molar-refractivity contribution in [2.75, 3.05) is 0 Å². The number of rotatable bonds is 7. The number of nitrogens with zero attached hydrogens (tertiary/aromatic N) is 5. The van der Waals surface area contributed by atoms with Gasteiger partial charge < -0.3 is 0 Å². The van der Waals surface area contributed by atoms with Crippen LogP contribution in [0.2, 0.25) is 0 Å². The van der Waals surface area contributed by atoms with E-state index in [1.54, 1.807) is 24.3 Å². The van der Waals surface area contributed by atoms with Gasteiger partial charge in [0.15, 0.2) is 36.9 Å². The maximum atomic E-state index is 7.34. The number of hydrogen-bond donors (Lipinski definition) is 0. The summed E-state index contributed by atoms with van der Waals surface area (Å²) in [6.45, 7) is 14.7. The van der Waals surface area contributed by atoms with E-state index in [0.29, 0.717) is 28.8 Å². The molecular formula is C41H27N5Si. The molecule has 0 saturated heterocycles. The van der Waals surface area contributed by atoms with Crippen LogP contribution in [0.1, 0.15) is 0 Å². The molecule has 1 heterocycles. The minimum absolute atomic E-state index is 0.515. The van der Waals surface area contributed by atoms with Gasteiger partial charge in [0.05, 0.1) is 13.1 Å². The number of hydrogen-bond acceptors (Lipinski definition) is 3. The van der Waals surface area contributed by atoms with E-state index in [1.807, 2.05) is 24.3 Å². The molecule has 0 N–H and O–H groups in total. The summed E-state index contributed by atoms with van der Waals surface area (Å²) in [5, 5.41) is 5.17. The van der Waals surface area contributed by atoms with Crippen molar-refractivity contribution in [2.24, 2.45) is 0 Å². The monoisotopic (exact) mass is 617 g/mol. The third-order valence-electron chi connectivity index (χ3n) is 8.34. The summed E-state index contributed by atoms with van der Waals surface area (Å²) in [7, 11) is -2.67.